The highest BCUT2D eigenvalue weighted by Gasteiger charge is 2.29. The molecule has 2 aliphatic rings. The Bertz CT molecular complexity index is 1050. The van der Waals surface area contributed by atoms with Crippen LogP contribution in [0.5, 0.6) is 0 Å². The zero-order valence-corrected chi connectivity index (χ0v) is 22.0. The number of benzene rings is 1. The van der Waals surface area contributed by atoms with Crippen molar-refractivity contribution in [1.82, 2.24) is 14.9 Å². The maximum absolute atomic E-state index is 10.8. The lowest BCUT2D eigenvalue weighted by molar-refractivity contribution is -0.109. The van der Waals surface area contributed by atoms with Gasteiger partial charge < -0.3 is 25.5 Å². The highest BCUT2D eigenvalue weighted by atomic mass is 16.5. The first kappa shape index (κ1) is 26.1. The van der Waals surface area contributed by atoms with E-state index in [0.29, 0.717) is 17.8 Å². The Balaban J connectivity index is 1.34. The number of fused-ring (bicyclic) bond motifs is 1. The lowest BCUT2D eigenvalue weighted by atomic mass is 9.83. The number of aromatic nitrogens is 2. The minimum atomic E-state index is -0.351. The van der Waals surface area contributed by atoms with E-state index >= 15 is 0 Å². The van der Waals surface area contributed by atoms with Crippen LogP contribution in [-0.2, 0) is 16.0 Å². The van der Waals surface area contributed by atoms with E-state index in [2.05, 4.69) is 71.2 Å². The molecule has 1 aliphatic heterocycles. The molecule has 2 aromatic rings. The molecule has 1 fully saturated rings. The smallest absolute Gasteiger partial charge is 0.227 e. The summed E-state index contributed by atoms with van der Waals surface area (Å²) < 4.78 is 5.65. The van der Waals surface area contributed by atoms with E-state index in [9.17, 15) is 4.79 Å². The molecule has 0 saturated carbocycles. The predicted octanol–water partition coefficient (Wildman–Crippen LogP) is 3.72. The Morgan fingerprint density at radius 3 is 2.53 bits per heavy atom. The molecule has 3 N–H and O–H groups in total. The first-order valence-corrected chi connectivity index (χ1v) is 13.0. The van der Waals surface area contributed by atoms with Crippen LogP contribution in [0, 0.1) is 11.8 Å². The summed E-state index contributed by atoms with van der Waals surface area (Å²) >= 11 is 0. The molecule has 36 heavy (non-hydrogen) atoms. The lowest BCUT2D eigenvalue weighted by Crippen LogP contribution is -2.48. The number of ether oxygens (including phenoxy) is 1. The van der Waals surface area contributed by atoms with Crippen LogP contribution < -0.4 is 16.0 Å². The molecule has 0 spiro atoms. The molecule has 194 valence electrons. The standard InChI is InChI=1S/C28H40N6O2/c1-19(2)26-25(36-4)10-5-21-16-30-28(32-27(21)26)31-23-6-8-24(9-7-23)34-13-11-33(12-14-34)17-20(3)15-22(29)18-35/h6-10,16,18-20,22,26H,5,11-15,17,29H2,1-4H3,(H,30,31,32). The number of nitrogens with one attached hydrogen (secondary N) is 1. The molecule has 8 nitrogen and oxygen atoms in total. The lowest BCUT2D eigenvalue weighted by Gasteiger charge is -2.37. The van der Waals surface area contributed by atoms with E-state index in [1.54, 1.807) is 7.11 Å². The third kappa shape index (κ3) is 6.23. The molecular weight excluding hydrogens is 452 g/mol. The minimum absolute atomic E-state index is 0.146. The van der Waals surface area contributed by atoms with Gasteiger partial charge in [0.25, 0.3) is 0 Å². The van der Waals surface area contributed by atoms with Crippen molar-refractivity contribution in [2.45, 2.75) is 45.6 Å². The predicted molar refractivity (Wildman–Crippen MR) is 145 cm³/mol. The summed E-state index contributed by atoms with van der Waals surface area (Å²) in [6.07, 6.45) is 6.47. The van der Waals surface area contributed by atoms with Crippen molar-refractivity contribution in [2.75, 3.05) is 50.1 Å². The van der Waals surface area contributed by atoms with E-state index in [0.717, 1.165) is 74.6 Å². The Morgan fingerprint density at radius 1 is 1.17 bits per heavy atom. The van der Waals surface area contributed by atoms with Gasteiger partial charge in [0.2, 0.25) is 5.95 Å². The molecule has 0 bridgehead atoms. The van der Waals surface area contributed by atoms with Gasteiger partial charge in [-0.15, -0.1) is 0 Å². The van der Waals surface area contributed by atoms with E-state index in [4.69, 9.17) is 15.5 Å². The number of nitrogens with two attached hydrogens (primary N) is 1. The normalized spacial score (nSPS) is 19.9. The second-order valence-corrected chi connectivity index (χ2v) is 10.4. The van der Waals surface area contributed by atoms with Crippen LogP contribution in [0.1, 0.15) is 44.4 Å². The SMILES string of the molecule is COC1=CCc2cnc(Nc3ccc(N4CCN(CC(C)CC(N)C=O)CC4)cc3)nc2C1C(C)C. The number of allylic oxidation sites excluding steroid dienone is 2. The van der Waals surface area contributed by atoms with Crippen LogP contribution in [0.4, 0.5) is 17.3 Å². The Morgan fingerprint density at radius 2 is 1.89 bits per heavy atom. The molecule has 1 aliphatic carbocycles. The van der Waals surface area contributed by atoms with Gasteiger partial charge in [-0.05, 0) is 60.6 Å². The summed E-state index contributed by atoms with van der Waals surface area (Å²) in [5, 5.41) is 3.38. The number of piperazine rings is 1. The fraction of sp³-hybridized carbons (Fsp3) is 0.536. The molecule has 3 atom stereocenters. The number of aldehydes is 1. The second-order valence-electron chi connectivity index (χ2n) is 10.4. The number of anilines is 3. The van der Waals surface area contributed by atoms with Crippen molar-refractivity contribution >= 4 is 23.6 Å². The molecule has 0 radical (unpaired) electrons. The number of rotatable bonds is 10. The maximum atomic E-state index is 10.8. The quantitative estimate of drug-likeness (QED) is 0.485. The summed E-state index contributed by atoms with van der Waals surface area (Å²) in [6, 6.07) is 8.15. The number of carbonyl (C=O) groups excluding carboxylic acids is 1. The summed E-state index contributed by atoms with van der Waals surface area (Å²) in [4.78, 5) is 25.2. The average Bonchev–Trinajstić information content (AvgIpc) is 2.88. The summed E-state index contributed by atoms with van der Waals surface area (Å²) in [6.45, 7) is 11.5. The molecular formula is C28H40N6O2. The highest BCUT2D eigenvalue weighted by Crippen LogP contribution is 2.37. The number of carbonyl (C=O) groups is 1. The van der Waals surface area contributed by atoms with Gasteiger partial charge >= 0.3 is 0 Å². The van der Waals surface area contributed by atoms with Crippen LogP contribution in [0.3, 0.4) is 0 Å². The van der Waals surface area contributed by atoms with Gasteiger partial charge in [-0.3, -0.25) is 4.90 Å². The third-order valence-corrected chi connectivity index (χ3v) is 7.20. The number of hydrogen-bond donors (Lipinski definition) is 2. The third-order valence-electron chi connectivity index (χ3n) is 7.20. The van der Waals surface area contributed by atoms with E-state index in [1.807, 2.05) is 6.20 Å². The first-order chi connectivity index (χ1) is 17.4. The van der Waals surface area contributed by atoms with Crippen molar-refractivity contribution in [1.29, 1.82) is 0 Å². The Kier molecular flexibility index (Phi) is 8.59. The fourth-order valence-electron chi connectivity index (χ4n) is 5.34. The monoisotopic (exact) mass is 492 g/mol. The van der Waals surface area contributed by atoms with Crippen molar-refractivity contribution in [3.63, 3.8) is 0 Å². The Hall–Kier alpha value is -2.97. The van der Waals surface area contributed by atoms with E-state index < -0.39 is 0 Å². The van der Waals surface area contributed by atoms with Gasteiger partial charge in [-0.25, -0.2) is 9.97 Å². The molecule has 8 heteroatoms. The molecule has 4 rings (SSSR count). The Labute approximate surface area is 214 Å². The van der Waals surface area contributed by atoms with Gasteiger partial charge in [-0.2, -0.15) is 0 Å². The largest absolute Gasteiger partial charge is 0.501 e. The van der Waals surface area contributed by atoms with Crippen molar-refractivity contribution in [2.24, 2.45) is 17.6 Å². The zero-order valence-electron chi connectivity index (χ0n) is 22.0. The highest BCUT2D eigenvalue weighted by molar-refractivity contribution is 5.60. The van der Waals surface area contributed by atoms with Crippen molar-refractivity contribution in [3.05, 3.63) is 53.6 Å². The van der Waals surface area contributed by atoms with E-state index in [1.165, 1.54) is 5.69 Å². The van der Waals surface area contributed by atoms with Gasteiger partial charge in [0, 0.05) is 50.3 Å². The van der Waals surface area contributed by atoms with Crippen LogP contribution in [0.15, 0.2) is 42.3 Å². The number of nitrogens with zero attached hydrogens (tertiary/aromatic N) is 4. The first-order valence-electron chi connectivity index (χ1n) is 13.0. The maximum Gasteiger partial charge on any atom is 0.227 e. The van der Waals surface area contributed by atoms with Gasteiger partial charge in [-0.1, -0.05) is 20.8 Å². The number of hydrogen-bond acceptors (Lipinski definition) is 8. The molecule has 1 aromatic carbocycles. The second kappa shape index (κ2) is 11.8. The molecule has 1 aromatic heterocycles. The fourth-order valence-corrected chi connectivity index (χ4v) is 5.34. The van der Waals surface area contributed by atoms with Crippen LogP contribution >= 0.6 is 0 Å². The molecule has 2 heterocycles. The van der Waals surface area contributed by atoms with Gasteiger partial charge in [0.05, 0.1) is 24.8 Å². The number of methoxy groups -OCH3 is 1. The summed E-state index contributed by atoms with van der Waals surface area (Å²) in [7, 11) is 1.74. The van der Waals surface area contributed by atoms with Crippen molar-refractivity contribution < 1.29 is 9.53 Å². The zero-order chi connectivity index (χ0) is 25.7. The average molecular weight is 493 g/mol. The molecule has 1 saturated heterocycles. The molecule has 0 amide bonds. The molecule has 3 unspecified atom stereocenters. The summed E-state index contributed by atoms with van der Waals surface area (Å²) in [5.41, 5.74) is 10.2. The van der Waals surface area contributed by atoms with Crippen LogP contribution in [-0.4, -0.2) is 67.0 Å². The van der Waals surface area contributed by atoms with Crippen molar-refractivity contribution in [3.8, 4) is 0 Å². The van der Waals surface area contributed by atoms with Gasteiger partial charge in [0.15, 0.2) is 0 Å². The van der Waals surface area contributed by atoms with Crippen LogP contribution in [0.25, 0.3) is 0 Å². The van der Waals surface area contributed by atoms with Crippen LogP contribution in [0.2, 0.25) is 0 Å². The summed E-state index contributed by atoms with van der Waals surface area (Å²) in [5.74, 6) is 2.55. The minimum Gasteiger partial charge on any atom is -0.501 e. The topological polar surface area (TPSA) is 96.6 Å². The van der Waals surface area contributed by atoms with Gasteiger partial charge in [0.1, 0.15) is 12.0 Å². The van der Waals surface area contributed by atoms with E-state index in [-0.39, 0.29) is 12.0 Å².